The first-order valence-corrected chi connectivity index (χ1v) is 7.77. The van der Waals surface area contributed by atoms with E-state index in [1.165, 1.54) is 0 Å². The molecule has 17 heteroatoms. The van der Waals surface area contributed by atoms with Crippen molar-refractivity contribution in [1.82, 2.24) is 0 Å². The van der Waals surface area contributed by atoms with Gasteiger partial charge in [0.1, 0.15) is 11.5 Å². The van der Waals surface area contributed by atoms with Gasteiger partial charge in [0, 0.05) is 10.9 Å². The van der Waals surface area contributed by atoms with Gasteiger partial charge in [-0.25, -0.2) is 4.79 Å². The van der Waals surface area contributed by atoms with Gasteiger partial charge in [-0.05, 0) is 24.3 Å². The predicted molar refractivity (Wildman–Crippen MR) is 103 cm³/mol. The van der Waals surface area contributed by atoms with E-state index in [0.29, 0.717) is 0 Å². The molecule has 0 unspecified atom stereocenters. The molecule has 2 rings (SSSR count). The average Bonchev–Trinajstić information content (AvgIpc) is 2.59. The van der Waals surface area contributed by atoms with Crippen LogP contribution in [0.5, 0.6) is 11.5 Å². The van der Waals surface area contributed by atoms with Gasteiger partial charge in [0.25, 0.3) is 0 Å². The molecular weight excluding hydrogens is 506 g/mol. The van der Waals surface area contributed by atoms with E-state index in [1.807, 2.05) is 0 Å². The Balaban J connectivity index is 0.00000480. The number of halogens is 6. The predicted octanol–water partition coefficient (Wildman–Crippen LogP) is 0.415. The van der Waals surface area contributed by atoms with Crippen LogP contribution in [0.2, 0.25) is 0 Å². The third-order valence-electron chi connectivity index (χ3n) is 3.17. The van der Waals surface area contributed by atoms with Crippen molar-refractivity contribution in [1.29, 1.82) is 0 Å². The number of carbonyl (C=O) groups excluding carboxylic acids is 1. The molecule has 2 aromatic carbocycles. The normalized spacial score (nSPS) is 10.8. The summed E-state index contributed by atoms with van der Waals surface area (Å²) >= 11 is 0. The van der Waals surface area contributed by atoms with E-state index in [9.17, 15) is 41.2 Å². The van der Waals surface area contributed by atoms with Crippen molar-refractivity contribution in [2.75, 3.05) is 0 Å². The van der Waals surface area contributed by atoms with Gasteiger partial charge in [-0.1, -0.05) is 24.3 Å². The zero-order chi connectivity index (χ0) is 22.5. The minimum atomic E-state index is -4.99. The van der Waals surface area contributed by atoms with Crippen LogP contribution in [0.25, 0.3) is 0 Å². The van der Waals surface area contributed by atoms with Gasteiger partial charge in [0.2, 0.25) is 0 Å². The number of ether oxygens (including phenoxy) is 2. The van der Waals surface area contributed by atoms with Gasteiger partial charge in [0.05, 0.1) is 0 Å². The Kier molecular flexibility index (Phi) is 14.0. The van der Waals surface area contributed by atoms with Crippen LogP contribution in [0.1, 0.15) is 0 Å². The van der Waals surface area contributed by atoms with Gasteiger partial charge in [-0.2, -0.15) is 0 Å². The maximum absolute atomic E-state index is 12.2. The number of rotatable bonds is 6. The van der Waals surface area contributed by atoms with Crippen LogP contribution in [-0.4, -0.2) is 146 Å². The van der Waals surface area contributed by atoms with Gasteiger partial charge in [-0.3, -0.25) is 0 Å². The van der Waals surface area contributed by atoms with Crippen LogP contribution in [0.4, 0.5) is 31.1 Å². The molecule has 0 bridgehead atoms. The molecule has 164 valence electrons. The van der Waals surface area contributed by atoms with E-state index in [4.69, 9.17) is 0 Å². The fourth-order valence-corrected chi connectivity index (χ4v) is 2.08. The van der Waals surface area contributed by atoms with E-state index in [-0.39, 0.29) is 114 Å². The summed E-state index contributed by atoms with van der Waals surface area (Å²) in [6.07, 6.45) is -11.6. The molecule has 2 aromatic rings. The van der Waals surface area contributed by atoms with E-state index >= 15 is 0 Å². The summed E-state index contributed by atoms with van der Waals surface area (Å²) < 4.78 is 89.4. The molecule has 0 radical (unpaired) electrons. The molecule has 0 aromatic heterocycles. The summed E-state index contributed by atoms with van der Waals surface area (Å²) in [5.74, 6) is -1.39. The summed E-state index contributed by atoms with van der Waals surface area (Å²) in [6, 6.07) is 7.71. The zero-order valence-corrected chi connectivity index (χ0v) is 14.5. The molecule has 0 amide bonds. The quantitative estimate of drug-likeness (QED) is 0.423. The average molecular weight is 518 g/mol. The molecule has 0 fully saturated rings. The molecule has 7 nitrogen and oxygen atoms in total. The van der Waals surface area contributed by atoms with Crippen molar-refractivity contribution >= 4 is 134 Å². The molecule has 0 saturated carbocycles. The summed E-state index contributed by atoms with van der Waals surface area (Å²) in [7, 11) is -4.19. The molecule has 32 heavy (non-hydrogen) atoms. The Labute approximate surface area is 262 Å². The minimum absolute atomic E-state index is 0. The van der Waals surface area contributed by atoms with E-state index in [1.54, 1.807) is 0 Å². The topological polar surface area (TPSA) is 94.5 Å². The SMILES string of the molecule is O=C(OB(O)c1cccc(OC(F)(F)F)c1)OB(O)c1cccc(OC(F)(F)F)c1.[KH].[KH]. The van der Waals surface area contributed by atoms with E-state index < -0.39 is 44.6 Å². The molecule has 0 saturated heterocycles. The first-order chi connectivity index (χ1) is 13.8. The third-order valence-corrected chi connectivity index (χ3v) is 3.17. The molecule has 2 N–H and O–H groups in total. The first kappa shape index (κ1) is 32.2. The zero-order valence-electron chi connectivity index (χ0n) is 14.5. The van der Waals surface area contributed by atoms with Crippen molar-refractivity contribution in [3.63, 3.8) is 0 Å². The Morgan fingerprint density at radius 2 is 1.06 bits per heavy atom. The second-order valence-corrected chi connectivity index (χ2v) is 5.43. The monoisotopic (exact) mass is 518 g/mol. The number of carbonyl (C=O) groups is 1. The Morgan fingerprint density at radius 3 is 1.38 bits per heavy atom. The Morgan fingerprint density at radius 1 is 0.719 bits per heavy atom. The number of alkyl halides is 6. The summed E-state index contributed by atoms with van der Waals surface area (Å²) in [4.78, 5) is 11.7. The Bertz CT molecular complexity index is 818. The van der Waals surface area contributed by atoms with Gasteiger partial charge >= 0.3 is 136 Å². The Hall–Kier alpha value is 0.213. The van der Waals surface area contributed by atoms with Crippen LogP contribution in [0, 0.1) is 0 Å². The van der Waals surface area contributed by atoms with Crippen LogP contribution < -0.4 is 20.4 Å². The van der Waals surface area contributed by atoms with Gasteiger partial charge < -0.3 is 28.8 Å². The molecule has 0 spiro atoms. The van der Waals surface area contributed by atoms with Crippen molar-refractivity contribution in [2.24, 2.45) is 0 Å². The second-order valence-electron chi connectivity index (χ2n) is 5.43. The van der Waals surface area contributed by atoms with Crippen LogP contribution in [0.3, 0.4) is 0 Å². The molecule has 0 aliphatic heterocycles. The van der Waals surface area contributed by atoms with Crippen LogP contribution >= 0.6 is 0 Å². The summed E-state index contributed by atoms with van der Waals surface area (Å²) in [5.41, 5.74) is -0.632. The third kappa shape index (κ3) is 12.1. The molecular formula is C15H12B2F6K2O7. The number of hydrogen-bond donors (Lipinski definition) is 2. The summed E-state index contributed by atoms with van der Waals surface area (Å²) in [6.45, 7) is 0. The fraction of sp³-hybridized carbons (Fsp3) is 0.133. The van der Waals surface area contributed by atoms with Crippen molar-refractivity contribution < 1.29 is 60.0 Å². The van der Waals surface area contributed by atoms with Crippen molar-refractivity contribution in [2.45, 2.75) is 12.7 Å². The van der Waals surface area contributed by atoms with Crippen LogP contribution in [0.15, 0.2) is 48.5 Å². The number of hydrogen-bond acceptors (Lipinski definition) is 7. The van der Waals surface area contributed by atoms with Crippen LogP contribution in [-0.2, 0) is 9.31 Å². The molecule has 0 heterocycles. The van der Waals surface area contributed by atoms with E-state index in [0.717, 1.165) is 48.5 Å². The second kappa shape index (κ2) is 13.9. The molecule has 0 aliphatic carbocycles. The van der Waals surface area contributed by atoms with Gasteiger partial charge in [-0.15, -0.1) is 26.3 Å². The van der Waals surface area contributed by atoms with Gasteiger partial charge in [0.15, 0.2) is 0 Å². The molecule has 0 aliphatic rings. The number of benzene rings is 2. The van der Waals surface area contributed by atoms with Crippen molar-refractivity contribution in [3.05, 3.63) is 48.5 Å². The molecule has 0 atom stereocenters. The standard InChI is InChI=1S/C15H10B2F6O7.2K.2H/c18-14(19,20)27-11-5-1-3-9(7-11)16(25)29-13(24)30-17(26)10-4-2-6-12(8-10)28-15(21,22)23;;;;/h1-8,25-26H;;;;. The summed E-state index contributed by atoms with van der Waals surface area (Å²) in [5, 5.41) is 19.6. The van der Waals surface area contributed by atoms with E-state index in [2.05, 4.69) is 18.8 Å². The first-order valence-electron chi connectivity index (χ1n) is 7.77. The van der Waals surface area contributed by atoms with Crippen molar-refractivity contribution in [3.8, 4) is 11.5 Å². The fourth-order valence-electron chi connectivity index (χ4n) is 2.08. The maximum atomic E-state index is 12.2.